The van der Waals surface area contributed by atoms with E-state index in [9.17, 15) is 4.79 Å². The lowest BCUT2D eigenvalue weighted by atomic mass is 10.0. The molecule has 0 aromatic heterocycles. The lowest BCUT2D eigenvalue weighted by Gasteiger charge is -2.30. The third kappa shape index (κ3) is 3.11. The fourth-order valence-electron chi connectivity index (χ4n) is 2.61. The maximum absolute atomic E-state index is 11.1. The molecule has 0 amide bonds. The Morgan fingerprint density at radius 3 is 2.82 bits per heavy atom. The summed E-state index contributed by atoms with van der Waals surface area (Å²) < 4.78 is 5.15. The molecular weight excluding hydrogens is 300 g/mol. The summed E-state index contributed by atoms with van der Waals surface area (Å²) in [7, 11) is 1.64. The zero-order chi connectivity index (χ0) is 15.5. The molecule has 2 aliphatic rings. The van der Waals surface area contributed by atoms with Gasteiger partial charge in [0.05, 0.1) is 18.5 Å². The summed E-state index contributed by atoms with van der Waals surface area (Å²) in [6, 6.07) is 7.15. The molecule has 1 unspecified atom stereocenters. The second-order valence-electron chi connectivity index (χ2n) is 5.26. The van der Waals surface area contributed by atoms with Gasteiger partial charge in [-0.1, -0.05) is 0 Å². The van der Waals surface area contributed by atoms with E-state index in [2.05, 4.69) is 5.32 Å². The first-order valence-electron chi connectivity index (χ1n) is 7.24. The summed E-state index contributed by atoms with van der Waals surface area (Å²) in [5, 5.41) is 12.3. The number of rotatable bonds is 3. The molecule has 1 aromatic carbocycles. The number of aliphatic carboxylic acids is 1. The van der Waals surface area contributed by atoms with Crippen LogP contribution in [0, 0.1) is 0 Å². The van der Waals surface area contributed by atoms with Crippen LogP contribution in [-0.4, -0.2) is 35.7 Å². The minimum absolute atomic E-state index is 0.496. The first kappa shape index (κ1) is 15.0. The molecule has 1 atom stereocenters. The molecule has 0 spiro atoms. The molecule has 1 aromatic rings. The predicted molar refractivity (Wildman–Crippen MR) is 88.0 cm³/mol. The highest BCUT2D eigenvalue weighted by Crippen LogP contribution is 2.35. The number of carbonyl (C=O) groups is 1. The van der Waals surface area contributed by atoms with E-state index >= 15 is 0 Å². The number of carboxylic acid groups (broad SMARTS) is 1. The highest BCUT2D eigenvalue weighted by atomic mass is 32.2. The monoisotopic (exact) mass is 318 g/mol. The van der Waals surface area contributed by atoms with Crippen molar-refractivity contribution < 1.29 is 14.6 Å². The number of carboxylic acids is 1. The van der Waals surface area contributed by atoms with Crippen molar-refractivity contribution in [3.63, 3.8) is 0 Å². The number of thioether (sulfide) groups is 1. The smallest absolute Gasteiger partial charge is 0.326 e. The zero-order valence-electron chi connectivity index (χ0n) is 12.3. The van der Waals surface area contributed by atoms with Crippen LogP contribution in [0.4, 0.5) is 5.69 Å². The Labute approximate surface area is 133 Å². The second-order valence-corrected chi connectivity index (χ2v) is 6.29. The quantitative estimate of drug-likeness (QED) is 0.896. The third-order valence-corrected chi connectivity index (χ3v) is 5.02. The van der Waals surface area contributed by atoms with Crippen LogP contribution in [0.3, 0.4) is 0 Å². The Kier molecular flexibility index (Phi) is 4.38. The van der Waals surface area contributed by atoms with Crippen molar-refractivity contribution in [2.75, 3.05) is 12.9 Å². The predicted octanol–water partition coefficient (Wildman–Crippen LogP) is 2.95. The van der Waals surface area contributed by atoms with Gasteiger partial charge in [-0.3, -0.25) is 4.99 Å². The summed E-state index contributed by atoms with van der Waals surface area (Å²) in [6.07, 6.45) is 2.82. The van der Waals surface area contributed by atoms with Gasteiger partial charge in [-0.15, -0.1) is 11.8 Å². The molecular formula is C16H18N2O3S. The Bertz CT molecular complexity index is 637. The number of hydrogen-bond donors (Lipinski definition) is 2. The number of nitrogens with zero attached hydrogens (tertiary/aromatic N) is 1. The largest absolute Gasteiger partial charge is 0.497 e. The SMILES string of the molecule is COc1ccc(/N=C2\CCCC3=C2SCC(C(=O)O)N3)cc1. The number of allylic oxidation sites excluding steroid dienone is 2. The topological polar surface area (TPSA) is 70.9 Å². The van der Waals surface area contributed by atoms with Gasteiger partial charge in [0.15, 0.2) is 0 Å². The Morgan fingerprint density at radius 1 is 1.36 bits per heavy atom. The minimum Gasteiger partial charge on any atom is -0.497 e. The first-order valence-corrected chi connectivity index (χ1v) is 8.23. The molecule has 1 heterocycles. The number of hydrogen-bond acceptors (Lipinski definition) is 5. The highest BCUT2D eigenvalue weighted by Gasteiger charge is 2.29. The van der Waals surface area contributed by atoms with Gasteiger partial charge in [0.2, 0.25) is 0 Å². The average Bonchev–Trinajstić information content (AvgIpc) is 2.55. The Hall–Kier alpha value is -1.95. The Balaban J connectivity index is 1.85. The number of ether oxygens (including phenoxy) is 1. The number of benzene rings is 1. The van der Waals surface area contributed by atoms with E-state index in [4.69, 9.17) is 14.8 Å². The van der Waals surface area contributed by atoms with Crippen molar-refractivity contribution in [3.05, 3.63) is 34.9 Å². The maximum Gasteiger partial charge on any atom is 0.326 e. The van der Waals surface area contributed by atoms with Gasteiger partial charge in [-0.25, -0.2) is 4.79 Å². The molecule has 0 bridgehead atoms. The van der Waals surface area contributed by atoms with Crippen LogP contribution in [-0.2, 0) is 4.79 Å². The van der Waals surface area contributed by atoms with Gasteiger partial charge in [-0.05, 0) is 43.5 Å². The lowest BCUT2D eigenvalue weighted by molar-refractivity contribution is -0.138. The molecule has 1 aliphatic heterocycles. The van der Waals surface area contributed by atoms with Crippen molar-refractivity contribution in [1.82, 2.24) is 5.32 Å². The average molecular weight is 318 g/mol. The third-order valence-electron chi connectivity index (χ3n) is 3.75. The number of nitrogens with one attached hydrogen (secondary N) is 1. The van der Waals surface area contributed by atoms with Gasteiger partial charge in [-0.2, -0.15) is 0 Å². The van der Waals surface area contributed by atoms with Gasteiger partial charge >= 0.3 is 5.97 Å². The van der Waals surface area contributed by atoms with E-state index in [1.807, 2.05) is 24.3 Å². The van der Waals surface area contributed by atoms with Gasteiger partial charge in [0, 0.05) is 16.4 Å². The molecule has 0 radical (unpaired) electrons. The summed E-state index contributed by atoms with van der Waals surface area (Å²) in [5.74, 6) is 0.555. The molecule has 3 rings (SSSR count). The van der Waals surface area contributed by atoms with Crippen LogP contribution in [0.15, 0.2) is 39.9 Å². The van der Waals surface area contributed by atoms with Crippen molar-refractivity contribution in [3.8, 4) is 5.75 Å². The van der Waals surface area contributed by atoms with E-state index in [1.165, 1.54) is 0 Å². The maximum atomic E-state index is 11.1. The summed E-state index contributed by atoms with van der Waals surface area (Å²) in [5.41, 5.74) is 2.97. The van der Waals surface area contributed by atoms with Gasteiger partial charge < -0.3 is 15.2 Å². The van der Waals surface area contributed by atoms with E-state index in [1.54, 1.807) is 18.9 Å². The summed E-state index contributed by atoms with van der Waals surface area (Å²) >= 11 is 1.60. The molecule has 0 fully saturated rings. The molecule has 2 N–H and O–H groups in total. The summed E-state index contributed by atoms with van der Waals surface area (Å²) in [4.78, 5) is 17.0. The standard InChI is InChI=1S/C16H18N2O3S/c1-21-11-7-5-10(6-8-11)17-12-3-2-4-13-15(12)22-9-14(18-13)16(19)20/h5-8,14,18H,2-4,9H2,1H3,(H,19,20)/b17-12+. The lowest BCUT2D eigenvalue weighted by Crippen LogP contribution is -2.42. The van der Waals surface area contributed by atoms with Crippen LogP contribution < -0.4 is 10.1 Å². The van der Waals surface area contributed by atoms with E-state index in [0.29, 0.717) is 5.75 Å². The molecule has 5 nitrogen and oxygen atoms in total. The highest BCUT2D eigenvalue weighted by molar-refractivity contribution is 8.04. The normalized spacial score (nSPS) is 23.0. The van der Waals surface area contributed by atoms with E-state index < -0.39 is 12.0 Å². The van der Waals surface area contributed by atoms with Crippen LogP contribution in [0.5, 0.6) is 5.75 Å². The number of methoxy groups -OCH3 is 1. The van der Waals surface area contributed by atoms with Crippen LogP contribution in [0.1, 0.15) is 19.3 Å². The van der Waals surface area contributed by atoms with Crippen LogP contribution >= 0.6 is 11.8 Å². The molecule has 0 saturated carbocycles. The van der Waals surface area contributed by atoms with Gasteiger partial charge in [0.1, 0.15) is 11.8 Å². The van der Waals surface area contributed by atoms with Gasteiger partial charge in [0.25, 0.3) is 0 Å². The zero-order valence-corrected chi connectivity index (χ0v) is 13.2. The van der Waals surface area contributed by atoms with Crippen LogP contribution in [0.25, 0.3) is 0 Å². The van der Waals surface area contributed by atoms with E-state index in [0.717, 1.165) is 47.0 Å². The number of aliphatic imine (C=N–C) groups is 1. The van der Waals surface area contributed by atoms with Crippen molar-refractivity contribution in [2.45, 2.75) is 25.3 Å². The molecule has 0 saturated heterocycles. The molecule has 1 aliphatic carbocycles. The molecule has 6 heteroatoms. The first-order chi connectivity index (χ1) is 10.7. The summed E-state index contributed by atoms with van der Waals surface area (Å²) in [6.45, 7) is 0. The second kappa shape index (κ2) is 6.44. The Morgan fingerprint density at radius 2 is 2.14 bits per heavy atom. The molecule has 116 valence electrons. The van der Waals surface area contributed by atoms with Crippen molar-refractivity contribution in [2.24, 2.45) is 4.99 Å². The minimum atomic E-state index is -0.793. The van der Waals surface area contributed by atoms with Crippen molar-refractivity contribution in [1.29, 1.82) is 0 Å². The fourth-order valence-corrected chi connectivity index (χ4v) is 3.82. The fraction of sp³-hybridized carbons (Fsp3) is 0.375. The van der Waals surface area contributed by atoms with Crippen molar-refractivity contribution >= 4 is 29.1 Å². The van der Waals surface area contributed by atoms with Crippen LogP contribution in [0.2, 0.25) is 0 Å². The molecule has 22 heavy (non-hydrogen) atoms. The van der Waals surface area contributed by atoms with E-state index in [-0.39, 0.29) is 0 Å².